The van der Waals surface area contributed by atoms with Crippen LogP contribution in [-0.2, 0) is 17.8 Å². The monoisotopic (exact) mass is 342 g/mol. The SMILES string of the molecule is C[C@]1(CCc2ccccc2)NC(=O)N(Cc2ccccc2Cl)C1=O. The highest BCUT2D eigenvalue weighted by atomic mass is 35.5. The van der Waals surface area contributed by atoms with Crippen molar-refractivity contribution in [2.24, 2.45) is 0 Å². The molecule has 0 unspecified atom stereocenters. The Morgan fingerprint density at radius 1 is 1.04 bits per heavy atom. The normalized spacial score (nSPS) is 20.3. The van der Waals surface area contributed by atoms with Crippen molar-refractivity contribution < 1.29 is 9.59 Å². The minimum Gasteiger partial charge on any atom is -0.323 e. The topological polar surface area (TPSA) is 49.4 Å². The molecule has 2 aromatic rings. The molecule has 1 fully saturated rings. The van der Waals surface area contributed by atoms with Crippen LogP contribution < -0.4 is 5.32 Å². The van der Waals surface area contributed by atoms with Crippen LogP contribution in [0.15, 0.2) is 54.6 Å². The number of imide groups is 1. The van der Waals surface area contributed by atoms with Crippen molar-refractivity contribution in [3.8, 4) is 0 Å². The Labute approximate surface area is 146 Å². The van der Waals surface area contributed by atoms with Gasteiger partial charge in [-0.15, -0.1) is 0 Å². The van der Waals surface area contributed by atoms with E-state index in [4.69, 9.17) is 11.6 Å². The molecule has 4 nitrogen and oxygen atoms in total. The van der Waals surface area contributed by atoms with Crippen molar-refractivity contribution in [3.63, 3.8) is 0 Å². The standard InChI is InChI=1S/C19H19ClN2O2/c1-19(12-11-14-7-3-2-4-8-14)17(23)22(18(24)21-19)13-15-9-5-6-10-16(15)20/h2-10H,11-13H2,1H3,(H,21,24)/t19-/m1/s1. The number of amides is 3. The van der Waals surface area contributed by atoms with Crippen LogP contribution >= 0.6 is 11.6 Å². The molecular formula is C19H19ClN2O2. The van der Waals surface area contributed by atoms with Crippen molar-refractivity contribution in [1.82, 2.24) is 10.2 Å². The summed E-state index contributed by atoms with van der Waals surface area (Å²) in [6, 6.07) is 16.8. The number of hydrogen-bond acceptors (Lipinski definition) is 2. The lowest BCUT2D eigenvalue weighted by Crippen LogP contribution is -2.44. The van der Waals surface area contributed by atoms with E-state index >= 15 is 0 Å². The van der Waals surface area contributed by atoms with Crippen LogP contribution in [0.25, 0.3) is 0 Å². The first-order valence-corrected chi connectivity index (χ1v) is 8.29. The number of aryl methyl sites for hydroxylation is 1. The van der Waals surface area contributed by atoms with Crippen molar-refractivity contribution >= 4 is 23.5 Å². The average Bonchev–Trinajstić information content (AvgIpc) is 2.80. The number of urea groups is 1. The Hall–Kier alpha value is -2.33. The van der Waals surface area contributed by atoms with Crippen LogP contribution in [0.5, 0.6) is 0 Å². The maximum atomic E-state index is 12.8. The highest BCUT2D eigenvalue weighted by molar-refractivity contribution is 6.31. The van der Waals surface area contributed by atoms with Gasteiger partial charge in [0.25, 0.3) is 5.91 Å². The molecule has 124 valence electrons. The Balaban J connectivity index is 1.72. The lowest BCUT2D eigenvalue weighted by molar-refractivity contribution is -0.131. The van der Waals surface area contributed by atoms with Crippen molar-refractivity contribution in [2.75, 3.05) is 0 Å². The average molecular weight is 343 g/mol. The van der Waals surface area contributed by atoms with Gasteiger partial charge in [0.15, 0.2) is 0 Å². The van der Waals surface area contributed by atoms with Gasteiger partial charge in [-0.3, -0.25) is 9.69 Å². The molecule has 0 spiro atoms. The van der Waals surface area contributed by atoms with Crippen LogP contribution in [0.4, 0.5) is 4.79 Å². The molecule has 0 aromatic heterocycles. The Kier molecular flexibility index (Phi) is 4.58. The second kappa shape index (κ2) is 6.65. The molecule has 1 aliphatic rings. The smallest absolute Gasteiger partial charge is 0.323 e. The third-order valence-corrected chi connectivity index (χ3v) is 4.76. The van der Waals surface area contributed by atoms with E-state index in [1.165, 1.54) is 4.90 Å². The fraction of sp³-hybridized carbons (Fsp3) is 0.263. The second-order valence-electron chi connectivity index (χ2n) is 6.23. The van der Waals surface area contributed by atoms with E-state index in [0.29, 0.717) is 11.4 Å². The molecular weight excluding hydrogens is 324 g/mol. The van der Waals surface area contributed by atoms with E-state index in [-0.39, 0.29) is 18.5 Å². The molecule has 5 heteroatoms. The predicted molar refractivity (Wildman–Crippen MR) is 93.7 cm³/mol. The molecule has 3 amide bonds. The number of benzene rings is 2. The highest BCUT2D eigenvalue weighted by Crippen LogP contribution is 2.26. The first kappa shape index (κ1) is 16.5. The summed E-state index contributed by atoms with van der Waals surface area (Å²) in [6.07, 6.45) is 1.28. The summed E-state index contributed by atoms with van der Waals surface area (Å²) in [7, 11) is 0. The first-order chi connectivity index (χ1) is 11.5. The number of nitrogens with one attached hydrogen (secondary N) is 1. The quantitative estimate of drug-likeness (QED) is 0.840. The predicted octanol–water partition coefficient (Wildman–Crippen LogP) is 3.78. The second-order valence-corrected chi connectivity index (χ2v) is 6.64. The van der Waals surface area contributed by atoms with Gasteiger partial charge in [0.05, 0.1) is 6.54 Å². The Morgan fingerprint density at radius 2 is 1.71 bits per heavy atom. The maximum Gasteiger partial charge on any atom is 0.325 e. The largest absolute Gasteiger partial charge is 0.325 e. The molecule has 0 saturated carbocycles. The maximum absolute atomic E-state index is 12.8. The fourth-order valence-electron chi connectivity index (χ4n) is 2.90. The molecule has 0 aliphatic carbocycles. The van der Waals surface area contributed by atoms with E-state index in [2.05, 4.69) is 5.32 Å². The van der Waals surface area contributed by atoms with Crippen molar-refractivity contribution in [2.45, 2.75) is 31.8 Å². The van der Waals surface area contributed by atoms with E-state index in [9.17, 15) is 9.59 Å². The number of halogens is 1. The number of carbonyl (C=O) groups excluding carboxylic acids is 2. The van der Waals surface area contributed by atoms with Gasteiger partial charge in [-0.1, -0.05) is 60.1 Å². The molecule has 1 atom stereocenters. The molecule has 2 aromatic carbocycles. The molecule has 24 heavy (non-hydrogen) atoms. The molecule has 0 radical (unpaired) electrons. The minimum absolute atomic E-state index is 0.186. The highest BCUT2D eigenvalue weighted by Gasteiger charge is 2.47. The third kappa shape index (κ3) is 3.29. The van der Waals surface area contributed by atoms with Gasteiger partial charge < -0.3 is 5.32 Å². The van der Waals surface area contributed by atoms with Crippen LogP contribution in [0.2, 0.25) is 5.02 Å². The summed E-state index contributed by atoms with van der Waals surface area (Å²) in [4.78, 5) is 26.3. The van der Waals surface area contributed by atoms with E-state index in [1.807, 2.05) is 48.5 Å². The molecule has 3 rings (SSSR count). The molecule has 1 heterocycles. The van der Waals surface area contributed by atoms with Gasteiger partial charge in [0.1, 0.15) is 5.54 Å². The van der Waals surface area contributed by atoms with Crippen molar-refractivity contribution in [1.29, 1.82) is 0 Å². The van der Waals surface area contributed by atoms with Crippen LogP contribution in [0, 0.1) is 0 Å². The Morgan fingerprint density at radius 3 is 2.42 bits per heavy atom. The summed E-state index contributed by atoms with van der Waals surface area (Å²) in [5.41, 5.74) is 1.02. The van der Waals surface area contributed by atoms with Crippen LogP contribution in [0.1, 0.15) is 24.5 Å². The van der Waals surface area contributed by atoms with Gasteiger partial charge in [-0.25, -0.2) is 4.79 Å². The Bertz CT molecular complexity index is 763. The molecule has 1 N–H and O–H groups in total. The first-order valence-electron chi connectivity index (χ1n) is 7.91. The van der Waals surface area contributed by atoms with Gasteiger partial charge in [0.2, 0.25) is 0 Å². The van der Waals surface area contributed by atoms with Gasteiger partial charge >= 0.3 is 6.03 Å². The summed E-state index contributed by atoms with van der Waals surface area (Å²) in [6.45, 7) is 1.97. The van der Waals surface area contributed by atoms with Crippen LogP contribution in [0.3, 0.4) is 0 Å². The van der Waals surface area contributed by atoms with Gasteiger partial charge in [-0.05, 0) is 37.0 Å². The lowest BCUT2D eigenvalue weighted by Gasteiger charge is -2.21. The fourth-order valence-corrected chi connectivity index (χ4v) is 3.09. The summed E-state index contributed by atoms with van der Waals surface area (Å²) in [5.74, 6) is -0.205. The number of carbonyl (C=O) groups is 2. The molecule has 0 bridgehead atoms. The number of hydrogen-bond donors (Lipinski definition) is 1. The van der Waals surface area contributed by atoms with E-state index in [0.717, 1.165) is 17.5 Å². The molecule has 1 aliphatic heterocycles. The van der Waals surface area contributed by atoms with E-state index in [1.54, 1.807) is 13.0 Å². The zero-order valence-corrected chi connectivity index (χ0v) is 14.2. The van der Waals surface area contributed by atoms with Gasteiger partial charge in [-0.2, -0.15) is 0 Å². The summed E-state index contributed by atoms with van der Waals surface area (Å²) < 4.78 is 0. The summed E-state index contributed by atoms with van der Waals surface area (Å²) in [5, 5.41) is 3.39. The van der Waals surface area contributed by atoms with Crippen LogP contribution in [-0.4, -0.2) is 22.4 Å². The number of rotatable bonds is 5. The lowest BCUT2D eigenvalue weighted by atomic mass is 9.93. The minimum atomic E-state index is -0.881. The molecule has 1 saturated heterocycles. The third-order valence-electron chi connectivity index (χ3n) is 4.39. The van der Waals surface area contributed by atoms with Gasteiger partial charge in [0, 0.05) is 5.02 Å². The zero-order valence-electron chi connectivity index (χ0n) is 13.5. The summed E-state index contributed by atoms with van der Waals surface area (Å²) >= 11 is 6.14. The zero-order chi connectivity index (χ0) is 17.2. The number of nitrogens with zero attached hydrogens (tertiary/aromatic N) is 1. The van der Waals surface area contributed by atoms with Crippen molar-refractivity contribution in [3.05, 3.63) is 70.7 Å². The van der Waals surface area contributed by atoms with E-state index < -0.39 is 5.54 Å².